The van der Waals surface area contributed by atoms with Gasteiger partial charge in [-0.15, -0.1) is 0 Å². The van der Waals surface area contributed by atoms with Gasteiger partial charge in [-0.05, 0) is 29.7 Å². The summed E-state index contributed by atoms with van der Waals surface area (Å²) < 4.78 is 120. The Bertz CT molecular complexity index is 2060. The van der Waals surface area contributed by atoms with Crippen LogP contribution in [0.2, 0.25) is 0 Å². The van der Waals surface area contributed by atoms with Gasteiger partial charge in [0.05, 0.1) is 24.5 Å². The van der Waals surface area contributed by atoms with E-state index in [1.54, 1.807) is 6.07 Å². The van der Waals surface area contributed by atoms with Crippen LogP contribution in [0.1, 0.15) is 21.6 Å². The Kier molecular flexibility index (Phi) is 8.64. The Labute approximate surface area is 270 Å². The number of amides is 1. The summed E-state index contributed by atoms with van der Waals surface area (Å²) in [6.07, 6.45) is -6.23. The Morgan fingerprint density at radius 1 is 1.02 bits per heavy atom. The van der Waals surface area contributed by atoms with Crippen LogP contribution in [0, 0.1) is 11.6 Å². The standard InChI is InChI=1S/C32H23F8N5O4/c33-21-11-18(44-9-10-49-15-24(44)31(35,36)37)12-22(34)25(21)29(46)43-23(30(47)48)13-17-5-6-20(28-41-7-8-45(17)28)27-26(32(38,39)40)19-4-2-1-3-16(19)14-42-27/h1-8,11-12,14,23-24H,9-10,13,15H2,(H,43,46)(H,47,48)/t23?,24-/m1/s1. The number of aliphatic carboxylic acids is 1. The molecule has 5 aromatic rings. The number of carboxylic acid groups (broad SMARTS) is 1. The SMILES string of the molecule is O=C(NC(Cc1ccc(-c2ncc3ccccc3c2C(F)(F)F)c2nccn12)C(=O)O)c1c(F)cc(N2CCOC[C@@H]2C(F)(F)F)cc1F. The van der Waals surface area contributed by atoms with Crippen LogP contribution in [0.4, 0.5) is 40.8 Å². The molecule has 1 unspecified atom stereocenters. The molecule has 2 N–H and O–H groups in total. The van der Waals surface area contributed by atoms with E-state index in [2.05, 4.69) is 9.97 Å². The van der Waals surface area contributed by atoms with E-state index in [1.165, 1.54) is 53.3 Å². The molecule has 1 aliphatic heterocycles. The molecule has 49 heavy (non-hydrogen) atoms. The van der Waals surface area contributed by atoms with Crippen molar-refractivity contribution in [3.05, 3.63) is 95.6 Å². The maximum atomic E-state index is 15.1. The zero-order valence-electron chi connectivity index (χ0n) is 24.8. The van der Waals surface area contributed by atoms with Gasteiger partial charge >= 0.3 is 18.3 Å². The molecule has 0 spiro atoms. The number of benzene rings is 2. The quantitative estimate of drug-likeness (QED) is 0.200. The van der Waals surface area contributed by atoms with Gasteiger partial charge in [0.2, 0.25) is 0 Å². The van der Waals surface area contributed by atoms with Gasteiger partial charge in [-0.2, -0.15) is 26.3 Å². The first kappa shape index (κ1) is 33.6. The maximum Gasteiger partial charge on any atom is 0.419 e. The predicted molar refractivity (Wildman–Crippen MR) is 158 cm³/mol. The molecular weight excluding hydrogens is 670 g/mol. The van der Waals surface area contributed by atoms with Crippen molar-refractivity contribution in [1.82, 2.24) is 19.7 Å². The summed E-state index contributed by atoms with van der Waals surface area (Å²) >= 11 is 0. The van der Waals surface area contributed by atoms with Crippen LogP contribution in [-0.4, -0.2) is 69.4 Å². The number of ether oxygens (including phenoxy) is 1. The van der Waals surface area contributed by atoms with Crippen molar-refractivity contribution in [3.8, 4) is 11.3 Å². The van der Waals surface area contributed by atoms with Crippen molar-refractivity contribution in [2.24, 2.45) is 0 Å². The van der Waals surface area contributed by atoms with Gasteiger partial charge in [0.25, 0.3) is 5.91 Å². The summed E-state index contributed by atoms with van der Waals surface area (Å²) in [5.41, 5.74) is -3.06. The number of pyridine rings is 2. The van der Waals surface area contributed by atoms with Crippen LogP contribution in [0.15, 0.2) is 67.1 Å². The molecule has 9 nitrogen and oxygen atoms in total. The minimum atomic E-state index is -4.81. The number of imidazole rings is 1. The number of carbonyl (C=O) groups excluding carboxylic acids is 1. The number of aromatic nitrogens is 3. The third-order valence-electron chi connectivity index (χ3n) is 8.08. The summed E-state index contributed by atoms with van der Waals surface area (Å²) in [5.74, 6) is -6.19. The fourth-order valence-corrected chi connectivity index (χ4v) is 5.84. The minimum absolute atomic E-state index is 0.0193. The molecule has 1 aliphatic rings. The number of hydrogen-bond donors (Lipinski definition) is 2. The van der Waals surface area contributed by atoms with E-state index in [0.717, 1.165) is 0 Å². The zero-order chi connectivity index (χ0) is 35.2. The number of morpholine rings is 1. The van der Waals surface area contributed by atoms with Gasteiger partial charge in [0.1, 0.15) is 34.9 Å². The van der Waals surface area contributed by atoms with Gasteiger partial charge in [-0.25, -0.2) is 18.6 Å². The number of rotatable bonds is 7. The molecule has 256 valence electrons. The lowest BCUT2D eigenvalue weighted by Gasteiger charge is -2.38. The lowest BCUT2D eigenvalue weighted by molar-refractivity contribution is -0.167. The average molecular weight is 694 g/mol. The smallest absolute Gasteiger partial charge is 0.419 e. The highest BCUT2D eigenvalue weighted by atomic mass is 19.4. The average Bonchev–Trinajstić information content (AvgIpc) is 3.53. The Morgan fingerprint density at radius 2 is 1.73 bits per heavy atom. The molecule has 0 bridgehead atoms. The Balaban J connectivity index is 1.30. The highest BCUT2D eigenvalue weighted by Crippen LogP contribution is 2.41. The van der Waals surface area contributed by atoms with E-state index < -0.39 is 83.5 Å². The fourth-order valence-electron chi connectivity index (χ4n) is 5.84. The number of alkyl halides is 6. The van der Waals surface area contributed by atoms with Gasteiger partial charge < -0.3 is 24.5 Å². The molecule has 0 saturated carbocycles. The molecule has 1 amide bonds. The van der Waals surface area contributed by atoms with Crippen LogP contribution < -0.4 is 10.2 Å². The van der Waals surface area contributed by atoms with Gasteiger partial charge in [0, 0.05) is 53.9 Å². The van der Waals surface area contributed by atoms with Crippen LogP contribution in [0.5, 0.6) is 0 Å². The second-order valence-electron chi connectivity index (χ2n) is 11.1. The second-order valence-corrected chi connectivity index (χ2v) is 11.1. The third-order valence-corrected chi connectivity index (χ3v) is 8.08. The number of carboxylic acids is 1. The first-order valence-electron chi connectivity index (χ1n) is 14.5. The summed E-state index contributed by atoms with van der Waals surface area (Å²) in [7, 11) is 0. The number of carbonyl (C=O) groups is 2. The molecular formula is C32H23F8N5O4. The predicted octanol–water partition coefficient (Wildman–Crippen LogP) is 6.04. The number of halogens is 8. The van der Waals surface area contributed by atoms with Crippen LogP contribution in [0.3, 0.4) is 0 Å². The summed E-state index contributed by atoms with van der Waals surface area (Å²) in [6, 6.07) is 5.45. The van der Waals surface area contributed by atoms with E-state index in [0.29, 0.717) is 17.0 Å². The summed E-state index contributed by atoms with van der Waals surface area (Å²) in [4.78, 5) is 34.1. The van der Waals surface area contributed by atoms with Crippen molar-refractivity contribution in [2.45, 2.75) is 30.9 Å². The number of nitrogens with one attached hydrogen (secondary N) is 1. The van der Waals surface area contributed by atoms with Gasteiger partial charge in [0.15, 0.2) is 0 Å². The number of nitrogens with zero attached hydrogens (tertiary/aromatic N) is 4. The first-order chi connectivity index (χ1) is 23.1. The van der Waals surface area contributed by atoms with Crippen LogP contribution in [0.25, 0.3) is 27.7 Å². The molecule has 2 aromatic carbocycles. The van der Waals surface area contributed by atoms with Crippen molar-refractivity contribution < 1.29 is 54.6 Å². The van der Waals surface area contributed by atoms with Crippen molar-refractivity contribution in [3.63, 3.8) is 0 Å². The first-order valence-corrected chi connectivity index (χ1v) is 14.5. The van der Waals surface area contributed by atoms with E-state index in [1.807, 2.05) is 5.32 Å². The fraction of sp³-hybridized carbons (Fsp3) is 0.250. The molecule has 4 heterocycles. The van der Waals surface area contributed by atoms with E-state index >= 15 is 8.78 Å². The highest BCUT2D eigenvalue weighted by Gasteiger charge is 2.46. The van der Waals surface area contributed by atoms with E-state index in [4.69, 9.17) is 4.74 Å². The van der Waals surface area contributed by atoms with Gasteiger partial charge in [-0.1, -0.05) is 24.3 Å². The Morgan fingerprint density at radius 3 is 2.41 bits per heavy atom. The van der Waals surface area contributed by atoms with Crippen molar-refractivity contribution >= 4 is 34.0 Å². The topological polar surface area (TPSA) is 109 Å². The maximum absolute atomic E-state index is 15.1. The Hall–Kier alpha value is -5.32. The molecule has 1 saturated heterocycles. The zero-order valence-corrected chi connectivity index (χ0v) is 24.8. The normalized spacial score (nSPS) is 16.2. The highest BCUT2D eigenvalue weighted by molar-refractivity contribution is 5.97. The third kappa shape index (κ3) is 6.45. The number of hydrogen-bond acceptors (Lipinski definition) is 6. The monoisotopic (exact) mass is 693 g/mol. The summed E-state index contributed by atoms with van der Waals surface area (Å²) in [6.45, 7) is -1.26. The second kappa shape index (κ2) is 12.6. The van der Waals surface area contributed by atoms with Crippen molar-refractivity contribution in [2.75, 3.05) is 24.7 Å². The molecule has 3 aromatic heterocycles. The van der Waals surface area contributed by atoms with Gasteiger partial charge in [-0.3, -0.25) is 9.78 Å². The molecule has 2 atom stereocenters. The van der Waals surface area contributed by atoms with E-state index in [-0.39, 0.29) is 40.8 Å². The van der Waals surface area contributed by atoms with Crippen LogP contribution in [-0.2, 0) is 22.1 Å². The van der Waals surface area contributed by atoms with E-state index in [9.17, 15) is 41.0 Å². The molecule has 1 fully saturated rings. The molecule has 0 radical (unpaired) electrons. The summed E-state index contributed by atoms with van der Waals surface area (Å²) in [5, 5.41) is 12.1. The molecule has 6 rings (SSSR count). The number of fused-ring (bicyclic) bond motifs is 2. The van der Waals surface area contributed by atoms with Crippen LogP contribution >= 0.6 is 0 Å². The lowest BCUT2D eigenvalue weighted by Crippen LogP contribution is -2.53. The minimum Gasteiger partial charge on any atom is -0.480 e. The number of anilines is 1. The molecule has 0 aliphatic carbocycles. The van der Waals surface area contributed by atoms with Crippen molar-refractivity contribution in [1.29, 1.82) is 0 Å². The lowest BCUT2D eigenvalue weighted by atomic mass is 9.99. The largest absolute Gasteiger partial charge is 0.480 e. The molecule has 17 heteroatoms.